The fraction of sp³-hybridized carbons (Fsp3) is 0.200. The van der Waals surface area contributed by atoms with Crippen LogP contribution in [0.15, 0.2) is 42.7 Å². The van der Waals surface area contributed by atoms with Crippen molar-refractivity contribution in [2.45, 2.75) is 19.9 Å². The number of aromatic nitrogens is 1. The molecule has 2 rings (SSSR count). The standard InChI is InChI=1S/C15H15N3O3/c1-10-9-13(3-4-14(10)18(20)21)15(19)17-11(2)12-5-7-16-8-6-12/h3-9,11H,1-2H3,(H,17,19). The number of nitro benzene ring substituents is 1. The van der Waals surface area contributed by atoms with Gasteiger partial charge in [-0.15, -0.1) is 0 Å². The minimum atomic E-state index is -0.462. The van der Waals surface area contributed by atoms with Gasteiger partial charge in [0.15, 0.2) is 0 Å². The molecule has 1 N–H and O–H groups in total. The zero-order valence-electron chi connectivity index (χ0n) is 11.7. The van der Waals surface area contributed by atoms with Crippen LogP contribution in [0.3, 0.4) is 0 Å². The summed E-state index contributed by atoms with van der Waals surface area (Å²) in [6, 6.07) is 7.81. The van der Waals surface area contributed by atoms with Crippen LogP contribution in [0.25, 0.3) is 0 Å². The molecule has 0 radical (unpaired) electrons. The Balaban J connectivity index is 2.14. The fourth-order valence-electron chi connectivity index (χ4n) is 2.02. The van der Waals surface area contributed by atoms with E-state index < -0.39 is 4.92 Å². The topological polar surface area (TPSA) is 85.1 Å². The van der Waals surface area contributed by atoms with E-state index in [0.29, 0.717) is 11.1 Å². The highest BCUT2D eigenvalue weighted by molar-refractivity contribution is 5.95. The van der Waals surface area contributed by atoms with Crippen LogP contribution in [0.5, 0.6) is 0 Å². The monoisotopic (exact) mass is 285 g/mol. The molecule has 0 aliphatic heterocycles. The Morgan fingerprint density at radius 3 is 2.52 bits per heavy atom. The van der Waals surface area contributed by atoms with Gasteiger partial charge in [-0.2, -0.15) is 0 Å². The highest BCUT2D eigenvalue weighted by atomic mass is 16.6. The molecule has 1 aromatic carbocycles. The summed E-state index contributed by atoms with van der Waals surface area (Å²) in [4.78, 5) is 26.4. The summed E-state index contributed by atoms with van der Waals surface area (Å²) in [7, 11) is 0. The number of carbonyl (C=O) groups excluding carboxylic acids is 1. The van der Waals surface area contributed by atoms with Crippen LogP contribution in [0.1, 0.15) is 34.5 Å². The molecule has 0 aliphatic rings. The Hall–Kier alpha value is -2.76. The molecule has 6 heteroatoms. The zero-order valence-corrected chi connectivity index (χ0v) is 11.7. The number of nitrogens with zero attached hydrogens (tertiary/aromatic N) is 2. The number of nitro groups is 1. The summed E-state index contributed by atoms with van der Waals surface area (Å²) >= 11 is 0. The predicted octanol–water partition coefficient (Wildman–Crippen LogP) is 2.79. The first-order chi connectivity index (χ1) is 9.99. The van der Waals surface area contributed by atoms with E-state index >= 15 is 0 Å². The molecule has 0 bridgehead atoms. The van der Waals surface area contributed by atoms with Crippen molar-refractivity contribution in [3.8, 4) is 0 Å². The molecule has 108 valence electrons. The second-order valence-corrected chi connectivity index (χ2v) is 4.73. The molecular formula is C15H15N3O3. The van der Waals surface area contributed by atoms with Crippen molar-refractivity contribution >= 4 is 11.6 Å². The molecule has 1 unspecified atom stereocenters. The summed E-state index contributed by atoms with van der Waals surface area (Å²) < 4.78 is 0. The zero-order chi connectivity index (χ0) is 15.4. The van der Waals surface area contributed by atoms with Gasteiger partial charge in [0.2, 0.25) is 0 Å². The molecule has 1 amide bonds. The van der Waals surface area contributed by atoms with Gasteiger partial charge in [-0.1, -0.05) is 0 Å². The minimum absolute atomic E-state index is 0.00809. The van der Waals surface area contributed by atoms with E-state index in [1.807, 2.05) is 19.1 Å². The smallest absolute Gasteiger partial charge is 0.272 e. The van der Waals surface area contributed by atoms with E-state index in [4.69, 9.17) is 0 Å². The van der Waals surface area contributed by atoms with Crippen LogP contribution < -0.4 is 5.32 Å². The second kappa shape index (κ2) is 6.13. The number of hydrogen-bond acceptors (Lipinski definition) is 4. The number of hydrogen-bond donors (Lipinski definition) is 1. The van der Waals surface area contributed by atoms with Crippen molar-refractivity contribution in [1.29, 1.82) is 0 Å². The number of rotatable bonds is 4. The van der Waals surface area contributed by atoms with Crippen molar-refractivity contribution < 1.29 is 9.72 Å². The largest absolute Gasteiger partial charge is 0.346 e. The number of pyridine rings is 1. The quantitative estimate of drug-likeness (QED) is 0.691. The molecule has 21 heavy (non-hydrogen) atoms. The molecular weight excluding hydrogens is 270 g/mol. The van der Waals surface area contributed by atoms with Crippen LogP contribution in [0.4, 0.5) is 5.69 Å². The second-order valence-electron chi connectivity index (χ2n) is 4.73. The van der Waals surface area contributed by atoms with Gasteiger partial charge in [-0.3, -0.25) is 19.9 Å². The average Bonchev–Trinajstić information content (AvgIpc) is 2.47. The maximum atomic E-state index is 12.2. The molecule has 0 fully saturated rings. The SMILES string of the molecule is Cc1cc(C(=O)NC(C)c2ccncc2)ccc1[N+](=O)[O-]. The van der Waals surface area contributed by atoms with E-state index in [2.05, 4.69) is 10.3 Å². The molecule has 0 saturated heterocycles. The highest BCUT2D eigenvalue weighted by Crippen LogP contribution is 2.19. The molecule has 0 saturated carbocycles. The normalized spacial score (nSPS) is 11.7. The lowest BCUT2D eigenvalue weighted by Crippen LogP contribution is -2.26. The van der Waals surface area contributed by atoms with Gasteiger partial charge in [-0.25, -0.2) is 0 Å². The van der Waals surface area contributed by atoms with Crippen molar-refractivity contribution in [1.82, 2.24) is 10.3 Å². The molecule has 6 nitrogen and oxygen atoms in total. The summed E-state index contributed by atoms with van der Waals surface area (Å²) in [5.41, 5.74) is 1.81. The summed E-state index contributed by atoms with van der Waals surface area (Å²) in [5, 5.41) is 13.6. The summed E-state index contributed by atoms with van der Waals surface area (Å²) in [5.74, 6) is -0.266. The highest BCUT2D eigenvalue weighted by Gasteiger charge is 2.15. The van der Waals surface area contributed by atoms with E-state index in [0.717, 1.165) is 5.56 Å². The maximum Gasteiger partial charge on any atom is 0.272 e. The third-order valence-electron chi connectivity index (χ3n) is 3.21. The lowest BCUT2D eigenvalue weighted by atomic mass is 10.1. The number of benzene rings is 1. The average molecular weight is 285 g/mol. The third-order valence-corrected chi connectivity index (χ3v) is 3.21. The number of nitrogens with one attached hydrogen (secondary N) is 1. The molecule has 1 aromatic heterocycles. The van der Waals surface area contributed by atoms with Crippen LogP contribution in [0, 0.1) is 17.0 Å². The lowest BCUT2D eigenvalue weighted by molar-refractivity contribution is -0.385. The third kappa shape index (κ3) is 3.42. The summed E-state index contributed by atoms with van der Waals surface area (Å²) in [6.45, 7) is 3.48. The summed E-state index contributed by atoms with van der Waals surface area (Å²) in [6.07, 6.45) is 3.32. The van der Waals surface area contributed by atoms with Gasteiger partial charge < -0.3 is 5.32 Å². The lowest BCUT2D eigenvalue weighted by Gasteiger charge is -2.14. The van der Waals surface area contributed by atoms with Crippen molar-refractivity contribution in [2.75, 3.05) is 0 Å². The Kier molecular flexibility index (Phi) is 4.27. The Bertz CT molecular complexity index is 671. The molecule has 1 heterocycles. The van der Waals surface area contributed by atoms with Crippen molar-refractivity contribution in [3.63, 3.8) is 0 Å². The first-order valence-corrected chi connectivity index (χ1v) is 6.45. The van der Waals surface area contributed by atoms with Gasteiger partial charge >= 0.3 is 0 Å². The fourth-order valence-corrected chi connectivity index (χ4v) is 2.02. The molecule has 2 aromatic rings. The van der Waals surface area contributed by atoms with E-state index in [1.54, 1.807) is 19.3 Å². The van der Waals surface area contributed by atoms with E-state index in [1.165, 1.54) is 18.2 Å². The maximum absolute atomic E-state index is 12.2. The minimum Gasteiger partial charge on any atom is -0.346 e. The van der Waals surface area contributed by atoms with Crippen molar-refractivity contribution in [3.05, 3.63) is 69.5 Å². The first-order valence-electron chi connectivity index (χ1n) is 6.45. The van der Waals surface area contributed by atoms with Crippen molar-refractivity contribution in [2.24, 2.45) is 0 Å². The molecule has 1 atom stereocenters. The van der Waals surface area contributed by atoms with Gasteiger partial charge in [-0.05, 0) is 43.7 Å². The van der Waals surface area contributed by atoms with Crippen LogP contribution >= 0.6 is 0 Å². The van der Waals surface area contributed by atoms with E-state index in [9.17, 15) is 14.9 Å². The van der Waals surface area contributed by atoms with Gasteiger partial charge in [0.25, 0.3) is 11.6 Å². The van der Waals surface area contributed by atoms with Crippen LogP contribution in [-0.2, 0) is 0 Å². The predicted molar refractivity (Wildman–Crippen MR) is 78.0 cm³/mol. The van der Waals surface area contributed by atoms with Gasteiger partial charge in [0.1, 0.15) is 0 Å². The Morgan fingerprint density at radius 2 is 1.95 bits per heavy atom. The van der Waals surface area contributed by atoms with E-state index in [-0.39, 0.29) is 17.6 Å². The van der Waals surface area contributed by atoms with Gasteiger partial charge in [0, 0.05) is 29.6 Å². The number of carbonyl (C=O) groups is 1. The first kappa shape index (κ1) is 14.6. The Morgan fingerprint density at radius 1 is 1.29 bits per heavy atom. The van der Waals surface area contributed by atoms with Gasteiger partial charge in [0.05, 0.1) is 11.0 Å². The number of amides is 1. The van der Waals surface area contributed by atoms with Crippen LogP contribution in [0.2, 0.25) is 0 Å². The number of aryl methyl sites for hydroxylation is 1. The van der Waals surface area contributed by atoms with Crippen LogP contribution in [-0.4, -0.2) is 15.8 Å². The molecule has 0 spiro atoms. The Labute approximate surface area is 122 Å². The molecule has 0 aliphatic carbocycles.